The molecule has 2 rings (SSSR count). The summed E-state index contributed by atoms with van der Waals surface area (Å²) in [5, 5.41) is 34.7. The van der Waals surface area contributed by atoms with E-state index in [2.05, 4.69) is 20.6 Å². The maximum Gasteiger partial charge on any atom is 0.224 e. The fraction of sp³-hybridized carbons (Fsp3) is 0.385. The maximum absolute atomic E-state index is 9.39. The van der Waals surface area contributed by atoms with Crippen LogP contribution in [-0.2, 0) is 0 Å². The Bertz CT molecular complexity index is 579. The molecular weight excluding hydrogens is 260 g/mol. The Labute approximate surface area is 116 Å². The van der Waals surface area contributed by atoms with Gasteiger partial charge in [-0.2, -0.15) is 4.98 Å². The summed E-state index contributed by atoms with van der Waals surface area (Å²) in [6, 6.07) is 7.36. The number of nitrogens with zero attached hydrogens (tertiary/aromatic N) is 2. The molecular formula is C13H18N4O3. The van der Waals surface area contributed by atoms with Crippen LogP contribution < -0.4 is 10.6 Å². The van der Waals surface area contributed by atoms with Crippen molar-refractivity contribution in [3.63, 3.8) is 0 Å². The van der Waals surface area contributed by atoms with Gasteiger partial charge in [0, 0.05) is 12.4 Å². The Morgan fingerprint density at radius 1 is 1.05 bits per heavy atom. The average Bonchev–Trinajstić information content (AvgIpc) is 2.52. The van der Waals surface area contributed by atoms with Crippen molar-refractivity contribution in [2.24, 2.45) is 0 Å². The number of rotatable bonds is 6. The highest BCUT2D eigenvalue weighted by Crippen LogP contribution is 2.24. The van der Waals surface area contributed by atoms with Crippen LogP contribution in [0, 0.1) is 0 Å². The quantitative estimate of drug-likeness (QED) is 0.497. The van der Waals surface area contributed by atoms with E-state index in [-0.39, 0.29) is 0 Å². The van der Waals surface area contributed by atoms with E-state index in [9.17, 15) is 15.3 Å². The smallest absolute Gasteiger partial charge is 0.224 e. The van der Waals surface area contributed by atoms with E-state index in [0.29, 0.717) is 11.8 Å². The molecule has 1 aromatic carbocycles. The molecule has 0 saturated carbocycles. The van der Waals surface area contributed by atoms with Gasteiger partial charge in [0.1, 0.15) is 11.4 Å². The van der Waals surface area contributed by atoms with Gasteiger partial charge in [0.15, 0.2) is 0 Å². The van der Waals surface area contributed by atoms with Crippen LogP contribution in [0.1, 0.15) is 0 Å². The van der Waals surface area contributed by atoms with Crippen molar-refractivity contribution in [2.45, 2.75) is 5.54 Å². The third-order valence-electron chi connectivity index (χ3n) is 3.12. The zero-order chi connectivity index (χ0) is 14.6. The number of aliphatic hydroxyl groups excluding tert-OH is 3. The monoisotopic (exact) mass is 278 g/mol. The fourth-order valence-electron chi connectivity index (χ4n) is 1.80. The summed E-state index contributed by atoms with van der Waals surface area (Å²) in [6.45, 7) is -1.27. The first-order valence-corrected chi connectivity index (χ1v) is 6.23. The highest BCUT2D eigenvalue weighted by Gasteiger charge is 2.29. The first-order chi connectivity index (χ1) is 9.68. The van der Waals surface area contributed by atoms with Crippen LogP contribution in [0.2, 0.25) is 0 Å². The van der Waals surface area contributed by atoms with Crippen molar-refractivity contribution in [1.29, 1.82) is 0 Å². The molecule has 0 bridgehead atoms. The van der Waals surface area contributed by atoms with E-state index in [1.54, 1.807) is 7.05 Å². The molecule has 0 saturated heterocycles. The SMILES string of the molecule is CNc1nc(NC(CO)(CO)CO)c2ccccc2n1. The predicted molar refractivity (Wildman–Crippen MR) is 76.7 cm³/mol. The van der Waals surface area contributed by atoms with E-state index in [1.165, 1.54) is 0 Å². The molecule has 0 radical (unpaired) electrons. The summed E-state index contributed by atoms with van der Waals surface area (Å²) in [6.07, 6.45) is 0. The van der Waals surface area contributed by atoms with Crippen molar-refractivity contribution in [1.82, 2.24) is 9.97 Å². The lowest BCUT2D eigenvalue weighted by atomic mass is 10.0. The minimum absolute atomic E-state index is 0.411. The van der Waals surface area contributed by atoms with Crippen LogP contribution in [0.15, 0.2) is 24.3 Å². The average molecular weight is 278 g/mol. The van der Waals surface area contributed by atoms with Gasteiger partial charge in [0.05, 0.1) is 25.3 Å². The van der Waals surface area contributed by atoms with E-state index in [4.69, 9.17) is 0 Å². The summed E-state index contributed by atoms with van der Waals surface area (Å²) in [5.41, 5.74) is -0.514. The van der Waals surface area contributed by atoms with Gasteiger partial charge in [-0.3, -0.25) is 0 Å². The Morgan fingerprint density at radius 3 is 2.30 bits per heavy atom. The number of para-hydroxylation sites is 1. The highest BCUT2D eigenvalue weighted by atomic mass is 16.3. The highest BCUT2D eigenvalue weighted by molar-refractivity contribution is 5.90. The van der Waals surface area contributed by atoms with Crippen LogP contribution in [0.5, 0.6) is 0 Å². The van der Waals surface area contributed by atoms with E-state index in [0.717, 1.165) is 10.9 Å². The Balaban J connectivity index is 2.52. The molecule has 0 spiro atoms. The third kappa shape index (κ3) is 2.64. The summed E-state index contributed by atoms with van der Waals surface area (Å²) >= 11 is 0. The standard InChI is InChI=1S/C13H18N4O3/c1-14-12-15-10-5-3-2-4-9(10)11(16-12)17-13(6-18,7-19)8-20/h2-5,18-20H,6-8H2,1H3,(H2,14,15,16,17). The number of nitrogens with one attached hydrogen (secondary N) is 2. The van der Waals surface area contributed by atoms with Crippen molar-refractivity contribution in [3.05, 3.63) is 24.3 Å². The molecule has 0 fully saturated rings. The Kier molecular flexibility index (Phi) is 4.33. The second-order valence-electron chi connectivity index (χ2n) is 4.54. The number of aromatic nitrogens is 2. The molecule has 0 aliphatic carbocycles. The third-order valence-corrected chi connectivity index (χ3v) is 3.12. The molecule has 0 unspecified atom stereocenters. The van der Waals surface area contributed by atoms with Crippen LogP contribution in [0.3, 0.4) is 0 Å². The number of fused-ring (bicyclic) bond motifs is 1. The van der Waals surface area contributed by atoms with Crippen LogP contribution in [0.4, 0.5) is 11.8 Å². The number of hydrogen-bond acceptors (Lipinski definition) is 7. The zero-order valence-corrected chi connectivity index (χ0v) is 11.2. The Morgan fingerprint density at radius 2 is 1.70 bits per heavy atom. The minimum Gasteiger partial charge on any atom is -0.394 e. The van der Waals surface area contributed by atoms with E-state index in [1.807, 2.05) is 24.3 Å². The van der Waals surface area contributed by atoms with Crippen LogP contribution in [0.25, 0.3) is 10.9 Å². The predicted octanol–water partition coefficient (Wildman–Crippen LogP) is -0.201. The molecule has 0 amide bonds. The van der Waals surface area contributed by atoms with Gasteiger partial charge in [-0.25, -0.2) is 4.98 Å². The lowest BCUT2D eigenvalue weighted by Gasteiger charge is -2.29. The minimum atomic E-state index is -1.23. The first kappa shape index (κ1) is 14.4. The summed E-state index contributed by atoms with van der Waals surface area (Å²) < 4.78 is 0. The fourth-order valence-corrected chi connectivity index (χ4v) is 1.80. The lowest BCUT2D eigenvalue weighted by molar-refractivity contribution is 0.0832. The van der Waals surface area contributed by atoms with E-state index < -0.39 is 25.4 Å². The molecule has 5 N–H and O–H groups in total. The largest absolute Gasteiger partial charge is 0.394 e. The zero-order valence-electron chi connectivity index (χ0n) is 11.2. The second-order valence-corrected chi connectivity index (χ2v) is 4.54. The first-order valence-electron chi connectivity index (χ1n) is 6.23. The second kappa shape index (κ2) is 6.00. The molecule has 0 atom stereocenters. The summed E-state index contributed by atoms with van der Waals surface area (Å²) in [7, 11) is 1.70. The molecule has 1 aromatic heterocycles. The number of anilines is 2. The van der Waals surface area contributed by atoms with Gasteiger partial charge in [-0.1, -0.05) is 12.1 Å². The molecule has 1 heterocycles. The topological polar surface area (TPSA) is 111 Å². The van der Waals surface area contributed by atoms with Crippen molar-refractivity contribution in [2.75, 3.05) is 37.5 Å². The molecule has 0 aliphatic rings. The van der Waals surface area contributed by atoms with Crippen molar-refractivity contribution < 1.29 is 15.3 Å². The summed E-state index contributed by atoms with van der Waals surface area (Å²) in [5.74, 6) is 0.853. The van der Waals surface area contributed by atoms with Crippen molar-refractivity contribution in [3.8, 4) is 0 Å². The molecule has 7 heteroatoms. The number of aliphatic hydroxyl groups is 3. The summed E-state index contributed by atoms with van der Waals surface area (Å²) in [4.78, 5) is 8.59. The molecule has 7 nitrogen and oxygen atoms in total. The van der Waals surface area contributed by atoms with Gasteiger partial charge in [-0.05, 0) is 12.1 Å². The van der Waals surface area contributed by atoms with Gasteiger partial charge >= 0.3 is 0 Å². The van der Waals surface area contributed by atoms with Gasteiger partial charge in [0.2, 0.25) is 5.95 Å². The van der Waals surface area contributed by atoms with Crippen LogP contribution in [-0.4, -0.2) is 57.7 Å². The molecule has 0 aliphatic heterocycles. The van der Waals surface area contributed by atoms with Gasteiger partial charge in [0.25, 0.3) is 0 Å². The van der Waals surface area contributed by atoms with E-state index >= 15 is 0 Å². The van der Waals surface area contributed by atoms with Crippen LogP contribution >= 0.6 is 0 Å². The lowest BCUT2D eigenvalue weighted by Crippen LogP contribution is -2.49. The van der Waals surface area contributed by atoms with Gasteiger partial charge in [-0.15, -0.1) is 0 Å². The molecule has 2 aromatic rings. The Hall–Kier alpha value is -1.96. The normalized spacial score (nSPS) is 11.6. The number of hydrogen-bond donors (Lipinski definition) is 5. The number of benzene rings is 1. The molecule has 108 valence electrons. The van der Waals surface area contributed by atoms with Gasteiger partial charge < -0.3 is 26.0 Å². The van der Waals surface area contributed by atoms with Crippen molar-refractivity contribution >= 4 is 22.7 Å². The molecule has 20 heavy (non-hydrogen) atoms. The maximum atomic E-state index is 9.39.